The lowest BCUT2D eigenvalue weighted by atomic mass is 10.1. The number of benzene rings is 1. The van der Waals surface area contributed by atoms with Crippen LogP contribution in [0.2, 0.25) is 0 Å². The van der Waals surface area contributed by atoms with E-state index in [-0.39, 0.29) is 11.9 Å². The molecule has 1 unspecified atom stereocenters. The molecule has 4 nitrogen and oxygen atoms in total. The molecule has 1 N–H and O–H groups in total. The second-order valence-electron chi connectivity index (χ2n) is 5.42. The van der Waals surface area contributed by atoms with Gasteiger partial charge in [0.05, 0.1) is 0 Å². The van der Waals surface area contributed by atoms with E-state index in [1.54, 1.807) is 0 Å². The molecular weight excluding hydrogens is 238 g/mol. The van der Waals surface area contributed by atoms with Gasteiger partial charge in [0.1, 0.15) is 0 Å². The summed E-state index contributed by atoms with van der Waals surface area (Å²) in [7, 11) is 4.10. The largest absolute Gasteiger partial charge is 0.351 e. The molecule has 4 heteroatoms. The number of hydrogen-bond acceptors (Lipinski definition) is 2. The fraction of sp³-hybridized carbons (Fsp3) is 0.400. The van der Waals surface area contributed by atoms with Gasteiger partial charge in [-0.1, -0.05) is 0 Å². The smallest absolute Gasteiger partial charge is 0.251 e. The molecule has 1 aliphatic rings. The zero-order valence-electron chi connectivity index (χ0n) is 11.4. The van der Waals surface area contributed by atoms with Gasteiger partial charge in [-0.3, -0.25) is 4.79 Å². The minimum atomic E-state index is 0.0334. The number of amides is 1. The standard InChI is InChI=1S/C15H19N3O/c1-17-7-6-13(10-17)16-15(19)12-3-4-14-11(9-12)5-8-18(14)2/h3-5,8-9,13H,6-7,10H2,1-2H3,(H,16,19). The molecule has 100 valence electrons. The Morgan fingerprint density at radius 3 is 2.89 bits per heavy atom. The number of aromatic nitrogens is 1. The van der Waals surface area contributed by atoms with Crippen LogP contribution in [-0.4, -0.2) is 41.6 Å². The third-order valence-electron chi connectivity index (χ3n) is 3.87. The summed E-state index contributed by atoms with van der Waals surface area (Å²) in [4.78, 5) is 14.5. The molecule has 1 fully saturated rings. The average molecular weight is 257 g/mol. The SMILES string of the molecule is CN1CCC(NC(=O)c2ccc3c(ccn3C)c2)C1. The van der Waals surface area contributed by atoms with Crippen LogP contribution in [-0.2, 0) is 7.05 Å². The van der Waals surface area contributed by atoms with Crippen LogP contribution in [0.1, 0.15) is 16.8 Å². The second-order valence-corrected chi connectivity index (χ2v) is 5.42. The van der Waals surface area contributed by atoms with E-state index in [2.05, 4.69) is 21.8 Å². The molecule has 0 radical (unpaired) electrons. The molecule has 3 rings (SSSR count). The molecule has 1 saturated heterocycles. The first-order valence-electron chi connectivity index (χ1n) is 6.68. The van der Waals surface area contributed by atoms with Crippen LogP contribution in [0, 0.1) is 0 Å². The van der Waals surface area contributed by atoms with Crippen molar-refractivity contribution in [1.29, 1.82) is 0 Å². The summed E-state index contributed by atoms with van der Waals surface area (Å²) < 4.78 is 2.06. The van der Waals surface area contributed by atoms with Crippen molar-refractivity contribution in [3.05, 3.63) is 36.0 Å². The number of likely N-dealkylation sites (N-methyl/N-ethyl adjacent to an activating group) is 1. The van der Waals surface area contributed by atoms with E-state index in [1.165, 1.54) is 0 Å². The van der Waals surface area contributed by atoms with Crippen molar-refractivity contribution in [3.63, 3.8) is 0 Å². The molecule has 0 bridgehead atoms. The highest BCUT2D eigenvalue weighted by Crippen LogP contribution is 2.17. The third-order valence-corrected chi connectivity index (χ3v) is 3.87. The lowest BCUT2D eigenvalue weighted by Crippen LogP contribution is -2.36. The van der Waals surface area contributed by atoms with Crippen molar-refractivity contribution in [3.8, 4) is 0 Å². The lowest BCUT2D eigenvalue weighted by molar-refractivity contribution is 0.0938. The number of hydrogen-bond donors (Lipinski definition) is 1. The molecule has 0 aliphatic carbocycles. The van der Waals surface area contributed by atoms with Crippen molar-refractivity contribution in [2.75, 3.05) is 20.1 Å². The zero-order chi connectivity index (χ0) is 13.4. The minimum Gasteiger partial charge on any atom is -0.351 e. The average Bonchev–Trinajstić information content (AvgIpc) is 2.96. The highest BCUT2D eigenvalue weighted by molar-refractivity contribution is 5.98. The van der Waals surface area contributed by atoms with E-state index < -0.39 is 0 Å². The fourth-order valence-corrected chi connectivity index (χ4v) is 2.74. The number of aryl methyl sites for hydroxylation is 1. The van der Waals surface area contributed by atoms with Crippen molar-refractivity contribution in [1.82, 2.24) is 14.8 Å². The topological polar surface area (TPSA) is 37.3 Å². The van der Waals surface area contributed by atoms with Crippen LogP contribution in [0.15, 0.2) is 30.5 Å². The van der Waals surface area contributed by atoms with Crippen molar-refractivity contribution < 1.29 is 4.79 Å². The quantitative estimate of drug-likeness (QED) is 0.887. The first-order chi connectivity index (χ1) is 9.13. The van der Waals surface area contributed by atoms with Gasteiger partial charge >= 0.3 is 0 Å². The Kier molecular flexibility index (Phi) is 3.03. The molecule has 1 aliphatic heterocycles. The van der Waals surface area contributed by atoms with Gasteiger partial charge in [-0.2, -0.15) is 0 Å². The molecule has 0 saturated carbocycles. The summed E-state index contributed by atoms with van der Waals surface area (Å²) in [5.41, 5.74) is 1.89. The fourth-order valence-electron chi connectivity index (χ4n) is 2.74. The van der Waals surface area contributed by atoms with E-state index >= 15 is 0 Å². The van der Waals surface area contributed by atoms with Gasteiger partial charge in [0.2, 0.25) is 0 Å². The molecule has 2 aromatic rings. The molecular formula is C15H19N3O. The maximum absolute atomic E-state index is 12.2. The summed E-state index contributed by atoms with van der Waals surface area (Å²) in [5.74, 6) is 0.0334. The predicted molar refractivity (Wildman–Crippen MR) is 76.3 cm³/mol. The van der Waals surface area contributed by atoms with Gasteiger partial charge < -0.3 is 14.8 Å². The summed E-state index contributed by atoms with van der Waals surface area (Å²) in [5, 5.41) is 4.22. The number of nitrogens with one attached hydrogen (secondary N) is 1. The molecule has 0 spiro atoms. The van der Waals surface area contributed by atoms with E-state index in [0.717, 1.165) is 36.0 Å². The van der Waals surface area contributed by atoms with Crippen LogP contribution in [0.3, 0.4) is 0 Å². The Morgan fingerprint density at radius 2 is 2.16 bits per heavy atom. The summed E-state index contributed by atoms with van der Waals surface area (Å²) >= 11 is 0. The molecule has 1 amide bonds. The van der Waals surface area contributed by atoms with Gasteiger partial charge in [0.25, 0.3) is 5.91 Å². The Bertz CT molecular complexity index is 617. The van der Waals surface area contributed by atoms with Crippen LogP contribution in [0.4, 0.5) is 0 Å². The number of nitrogens with zero attached hydrogens (tertiary/aromatic N) is 2. The van der Waals surface area contributed by atoms with Gasteiger partial charge in [-0.25, -0.2) is 0 Å². The molecule has 1 atom stereocenters. The number of carbonyl (C=O) groups excluding carboxylic acids is 1. The van der Waals surface area contributed by atoms with Crippen LogP contribution in [0.5, 0.6) is 0 Å². The Labute approximate surface area is 113 Å². The maximum Gasteiger partial charge on any atom is 0.251 e. The predicted octanol–water partition coefficient (Wildman–Crippen LogP) is 1.61. The minimum absolute atomic E-state index is 0.0334. The normalized spacial score (nSPS) is 20.0. The van der Waals surface area contributed by atoms with Gasteiger partial charge in [-0.05, 0) is 44.3 Å². The Morgan fingerprint density at radius 1 is 1.32 bits per heavy atom. The van der Waals surface area contributed by atoms with Gasteiger partial charge in [0.15, 0.2) is 0 Å². The zero-order valence-corrected chi connectivity index (χ0v) is 11.4. The van der Waals surface area contributed by atoms with Crippen LogP contribution in [0.25, 0.3) is 10.9 Å². The van der Waals surface area contributed by atoms with Crippen molar-refractivity contribution in [2.24, 2.45) is 7.05 Å². The first-order valence-corrected chi connectivity index (χ1v) is 6.68. The Balaban J connectivity index is 1.77. The third kappa shape index (κ3) is 2.36. The number of likely N-dealkylation sites (tertiary alicyclic amines) is 1. The molecule has 19 heavy (non-hydrogen) atoms. The van der Waals surface area contributed by atoms with Crippen LogP contribution < -0.4 is 5.32 Å². The van der Waals surface area contributed by atoms with Gasteiger partial charge in [0, 0.05) is 42.3 Å². The number of carbonyl (C=O) groups is 1. The van der Waals surface area contributed by atoms with E-state index in [0.29, 0.717) is 0 Å². The Hall–Kier alpha value is -1.81. The highest BCUT2D eigenvalue weighted by Gasteiger charge is 2.21. The number of fused-ring (bicyclic) bond motifs is 1. The molecule has 1 aromatic heterocycles. The van der Waals surface area contributed by atoms with E-state index in [4.69, 9.17) is 0 Å². The lowest BCUT2D eigenvalue weighted by Gasteiger charge is -2.13. The number of rotatable bonds is 2. The van der Waals surface area contributed by atoms with E-state index in [9.17, 15) is 4.79 Å². The highest BCUT2D eigenvalue weighted by atomic mass is 16.1. The van der Waals surface area contributed by atoms with E-state index in [1.807, 2.05) is 37.5 Å². The van der Waals surface area contributed by atoms with Crippen molar-refractivity contribution >= 4 is 16.8 Å². The van der Waals surface area contributed by atoms with Crippen LogP contribution >= 0.6 is 0 Å². The summed E-state index contributed by atoms with van der Waals surface area (Å²) in [6, 6.07) is 8.18. The first kappa shape index (κ1) is 12.2. The molecule has 1 aromatic carbocycles. The summed E-state index contributed by atoms with van der Waals surface area (Å²) in [6.45, 7) is 2.00. The monoisotopic (exact) mass is 257 g/mol. The maximum atomic E-state index is 12.2. The second kappa shape index (κ2) is 4.70. The summed E-state index contributed by atoms with van der Waals surface area (Å²) in [6.07, 6.45) is 3.05. The molecule has 2 heterocycles. The van der Waals surface area contributed by atoms with Gasteiger partial charge in [-0.15, -0.1) is 0 Å². The van der Waals surface area contributed by atoms with Crippen molar-refractivity contribution in [2.45, 2.75) is 12.5 Å².